The van der Waals surface area contributed by atoms with Crippen LogP contribution in [0.25, 0.3) is 0 Å². The van der Waals surface area contributed by atoms with E-state index < -0.39 is 0 Å². The molecule has 1 aromatic heterocycles. The lowest BCUT2D eigenvalue weighted by Crippen LogP contribution is -2.49. The van der Waals surface area contributed by atoms with Gasteiger partial charge in [-0.05, 0) is 31.2 Å². The van der Waals surface area contributed by atoms with Gasteiger partial charge in [-0.25, -0.2) is 0 Å². The van der Waals surface area contributed by atoms with E-state index in [0.717, 1.165) is 49.9 Å². The second-order valence-electron chi connectivity index (χ2n) is 6.52. The molecule has 0 bridgehead atoms. The molecule has 0 aliphatic carbocycles. The molecule has 3 rings (SSSR count). The minimum Gasteiger partial charge on any atom is -0.497 e. The summed E-state index contributed by atoms with van der Waals surface area (Å²) in [6.07, 6.45) is 0. The summed E-state index contributed by atoms with van der Waals surface area (Å²) in [7, 11) is 1.65. The van der Waals surface area contributed by atoms with E-state index in [0.29, 0.717) is 19.0 Å². The Morgan fingerprint density at radius 1 is 1.15 bits per heavy atom. The molecule has 0 atom stereocenters. The van der Waals surface area contributed by atoms with Crippen LogP contribution in [0.1, 0.15) is 5.69 Å². The molecule has 1 fully saturated rings. The molecule has 1 N–H and O–H groups in total. The SMILES string of the molecule is COc1ccc(OCCN2CCN(CC(=O)Nc3cc(C)no3)CC2)cc1. The zero-order chi connectivity index (χ0) is 19.1. The highest BCUT2D eigenvalue weighted by Gasteiger charge is 2.19. The number of methoxy groups -OCH3 is 1. The fourth-order valence-corrected chi connectivity index (χ4v) is 2.94. The van der Waals surface area contributed by atoms with Gasteiger partial charge in [0.1, 0.15) is 18.1 Å². The molecule has 0 spiro atoms. The first kappa shape index (κ1) is 19.2. The number of aryl methyl sites for hydroxylation is 1. The number of benzene rings is 1. The quantitative estimate of drug-likeness (QED) is 0.752. The third-order valence-corrected chi connectivity index (χ3v) is 4.46. The Morgan fingerprint density at radius 2 is 1.81 bits per heavy atom. The lowest BCUT2D eigenvalue weighted by molar-refractivity contribution is -0.117. The minimum absolute atomic E-state index is 0.0811. The molecule has 2 aromatic rings. The van der Waals surface area contributed by atoms with Gasteiger partial charge in [0.25, 0.3) is 0 Å². The van der Waals surface area contributed by atoms with Crippen molar-refractivity contribution in [3.05, 3.63) is 36.0 Å². The first-order valence-corrected chi connectivity index (χ1v) is 9.07. The van der Waals surface area contributed by atoms with Crippen molar-refractivity contribution in [3.63, 3.8) is 0 Å². The van der Waals surface area contributed by atoms with E-state index in [1.54, 1.807) is 13.2 Å². The summed E-state index contributed by atoms with van der Waals surface area (Å²) in [4.78, 5) is 16.5. The second-order valence-corrected chi connectivity index (χ2v) is 6.52. The largest absolute Gasteiger partial charge is 0.497 e. The number of anilines is 1. The maximum atomic E-state index is 12.1. The van der Waals surface area contributed by atoms with Gasteiger partial charge in [0, 0.05) is 38.8 Å². The lowest BCUT2D eigenvalue weighted by Gasteiger charge is -2.34. The summed E-state index contributed by atoms with van der Waals surface area (Å²) in [5.41, 5.74) is 0.746. The third-order valence-electron chi connectivity index (χ3n) is 4.46. The molecule has 8 heteroatoms. The Hall–Kier alpha value is -2.58. The summed E-state index contributed by atoms with van der Waals surface area (Å²) in [6.45, 7) is 7.21. The van der Waals surface area contributed by atoms with Gasteiger partial charge in [-0.3, -0.25) is 19.9 Å². The molecule has 1 aliphatic heterocycles. The summed E-state index contributed by atoms with van der Waals surface area (Å²) in [5, 5.41) is 6.49. The zero-order valence-corrected chi connectivity index (χ0v) is 15.8. The standard InChI is InChI=1S/C19H26N4O4/c1-15-13-19(27-21-15)20-18(24)14-23-9-7-22(8-10-23)11-12-26-17-5-3-16(25-2)4-6-17/h3-6,13H,7-12,14H2,1-2H3,(H,20,24). The molecule has 0 unspecified atom stereocenters. The van der Waals surface area contributed by atoms with E-state index in [1.165, 1.54) is 0 Å². The molecule has 27 heavy (non-hydrogen) atoms. The van der Waals surface area contributed by atoms with Crippen LogP contribution in [0, 0.1) is 6.92 Å². The van der Waals surface area contributed by atoms with Crippen LogP contribution in [0.15, 0.2) is 34.9 Å². The zero-order valence-electron chi connectivity index (χ0n) is 15.8. The number of amides is 1. The highest BCUT2D eigenvalue weighted by molar-refractivity contribution is 5.90. The van der Waals surface area contributed by atoms with Crippen LogP contribution in [-0.2, 0) is 4.79 Å². The summed E-state index contributed by atoms with van der Waals surface area (Å²) in [6, 6.07) is 9.30. The number of carbonyl (C=O) groups excluding carboxylic acids is 1. The smallest absolute Gasteiger partial charge is 0.240 e. The normalized spacial score (nSPS) is 15.5. The van der Waals surface area contributed by atoms with Gasteiger partial charge in [-0.15, -0.1) is 0 Å². The number of hydrogen-bond acceptors (Lipinski definition) is 7. The average Bonchev–Trinajstić information content (AvgIpc) is 3.08. The van der Waals surface area contributed by atoms with Gasteiger partial charge in [-0.1, -0.05) is 5.16 Å². The number of piperazine rings is 1. The summed E-state index contributed by atoms with van der Waals surface area (Å²) in [5.74, 6) is 1.98. The Morgan fingerprint density at radius 3 is 2.44 bits per heavy atom. The Kier molecular flexibility index (Phi) is 6.67. The van der Waals surface area contributed by atoms with E-state index in [-0.39, 0.29) is 5.91 Å². The van der Waals surface area contributed by atoms with E-state index >= 15 is 0 Å². The topological polar surface area (TPSA) is 80.1 Å². The van der Waals surface area contributed by atoms with Crippen molar-refractivity contribution in [1.29, 1.82) is 0 Å². The van der Waals surface area contributed by atoms with Gasteiger partial charge >= 0.3 is 0 Å². The van der Waals surface area contributed by atoms with Crippen molar-refractivity contribution in [3.8, 4) is 11.5 Å². The predicted octanol–water partition coefficient (Wildman–Crippen LogP) is 1.63. The molecule has 8 nitrogen and oxygen atoms in total. The maximum Gasteiger partial charge on any atom is 0.240 e. The predicted molar refractivity (Wildman–Crippen MR) is 101 cm³/mol. The molecule has 2 heterocycles. The van der Waals surface area contributed by atoms with Gasteiger partial charge < -0.3 is 14.0 Å². The fraction of sp³-hybridized carbons (Fsp3) is 0.474. The molecular weight excluding hydrogens is 348 g/mol. The van der Waals surface area contributed by atoms with Crippen molar-refractivity contribution >= 4 is 11.8 Å². The maximum absolute atomic E-state index is 12.1. The van der Waals surface area contributed by atoms with E-state index in [2.05, 4.69) is 20.3 Å². The molecular formula is C19H26N4O4. The minimum atomic E-state index is -0.0811. The highest BCUT2D eigenvalue weighted by atomic mass is 16.5. The first-order valence-electron chi connectivity index (χ1n) is 9.07. The molecule has 0 radical (unpaired) electrons. The fourth-order valence-electron chi connectivity index (χ4n) is 2.94. The van der Waals surface area contributed by atoms with Crippen LogP contribution >= 0.6 is 0 Å². The summed E-state index contributed by atoms with van der Waals surface area (Å²) < 4.78 is 15.9. The van der Waals surface area contributed by atoms with Crippen molar-refractivity contribution < 1.29 is 18.8 Å². The highest BCUT2D eigenvalue weighted by Crippen LogP contribution is 2.17. The van der Waals surface area contributed by atoms with Crippen molar-refractivity contribution in [2.45, 2.75) is 6.92 Å². The summed E-state index contributed by atoms with van der Waals surface area (Å²) >= 11 is 0. The van der Waals surface area contributed by atoms with Gasteiger partial charge in [0.15, 0.2) is 0 Å². The van der Waals surface area contributed by atoms with Crippen molar-refractivity contribution in [1.82, 2.24) is 15.0 Å². The van der Waals surface area contributed by atoms with Crippen LogP contribution < -0.4 is 14.8 Å². The number of nitrogens with zero attached hydrogens (tertiary/aromatic N) is 3. The monoisotopic (exact) mass is 374 g/mol. The second kappa shape index (κ2) is 9.38. The first-order chi connectivity index (χ1) is 13.1. The Bertz CT molecular complexity index is 724. The van der Waals surface area contributed by atoms with Crippen LogP contribution in [0.3, 0.4) is 0 Å². The lowest BCUT2D eigenvalue weighted by atomic mass is 10.3. The van der Waals surface area contributed by atoms with Crippen LogP contribution in [0.2, 0.25) is 0 Å². The molecule has 0 saturated carbocycles. The molecule has 1 saturated heterocycles. The number of aromatic nitrogens is 1. The number of nitrogens with one attached hydrogen (secondary N) is 1. The van der Waals surface area contributed by atoms with Gasteiger partial charge in [-0.2, -0.15) is 0 Å². The Labute approximate surface area is 159 Å². The third kappa shape index (κ3) is 5.97. The van der Waals surface area contributed by atoms with E-state index in [4.69, 9.17) is 14.0 Å². The molecule has 1 amide bonds. The average molecular weight is 374 g/mol. The number of hydrogen-bond donors (Lipinski definition) is 1. The van der Waals surface area contributed by atoms with E-state index in [1.807, 2.05) is 31.2 Å². The Balaban J connectivity index is 1.31. The van der Waals surface area contributed by atoms with Crippen molar-refractivity contribution in [2.24, 2.45) is 0 Å². The number of carbonyl (C=O) groups is 1. The number of rotatable bonds is 8. The molecule has 1 aromatic carbocycles. The molecule has 1 aliphatic rings. The van der Waals surface area contributed by atoms with Crippen LogP contribution in [0.5, 0.6) is 11.5 Å². The van der Waals surface area contributed by atoms with Crippen LogP contribution in [-0.4, -0.2) is 73.8 Å². The van der Waals surface area contributed by atoms with Crippen molar-refractivity contribution in [2.75, 3.05) is 58.3 Å². The van der Waals surface area contributed by atoms with Gasteiger partial charge in [0.2, 0.25) is 11.8 Å². The van der Waals surface area contributed by atoms with Crippen LogP contribution in [0.4, 0.5) is 5.88 Å². The van der Waals surface area contributed by atoms with E-state index in [9.17, 15) is 4.79 Å². The van der Waals surface area contributed by atoms with Gasteiger partial charge in [0.05, 0.1) is 19.3 Å². The molecule has 146 valence electrons. The number of ether oxygens (including phenoxy) is 2.